The van der Waals surface area contributed by atoms with Gasteiger partial charge in [0.2, 0.25) is 0 Å². The van der Waals surface area contributed by atoms with Gasteiger partial charge in [-0.25, -0.2) is 5.43 Å². The zero-order valence-corrected chi connectivity index (χ0v) is 20.5. The molecule has 0 saturated heterocycles. The Morgan fingerprint density at radius 3 is 2.40 bits per heavy atom. The summed E-state index contributed by atoms with van der Waals surface area (Å²) in [7, 11) is 3.83. The van der Waals surface area contributed by atoms with Crippen LogP contribution in [0, 0.1) is 10.1 Å². The van der Waals surface area contributed by atoms with Gasteiger partial charge < -0.3 is 10.2 Å². The first-order valence-electron chi connectivity index (χ1n) is 10.4. The van der Waals surface area contributed by atoms with Crippen molar-refractivity contribution in [3.8, 4) is 0 Å². The fourth-order valence-corrected chi connectivity index (χ4v) is 3.40. The summed E-state index contributed by atoms with van der Waals surface area (Å²) in [6.45, 7) is 0. The number of amides is 2. The second-order valence-corrected chi connectivity index (χ2v) is 8.44. The molecule has 10 heteroatoms. The summed E-state index contributed by atoms with van der Waals surface area (Å²) in [5.41, 5.74) is 4.35. The van der Waals surface area contributed by atoms with E-state index in [0.29, 0.717) is 15.6 Å². The Hall–Kier alpha value is -4.31. The molecule has 0 heterocycles. The first kappa shape index (κ1) is 25.3. The fourth-order valence-electron chi connectivity index (χ4n) is 3.00. The summed E-state index contributed by atoms with van der Waals surface area (Å²) in [5.74, 6) is -1.18. The normalized spacial score (nSPS) is 11.2. The zero-order chi connectivity index (χ0) is 25.4. The lowest BCUT2D eigenvalue weighted by Crippen LogP contribution is -2.32. The number of nitrogens with one attached hydrogen (secondary N) is 2. The van der Waals surface area contributed by atoms with Crippen LogP contribution in [0.5, 0.6) is 0 Å². The van der Waals surface area contributed by atoms with Crippen molar-refractivity contribution in [1.29, 1.82) is 0 Å². The SMILES string of the molecule is CN(C)c1ccc(C=C(NC(=O)c2cccc(Br)c2)C(=O)NN=Cc2ccccc2[N+](=O)[O-])cc1. The Bertz CT molecular complexity index is 1300. The van der Waals surface area contributed by atoms with E-state index < -0.39 is 16.7 Å². The number of rotatable bonds is 8. The molecular weight excluding hydrogens is 514 g/mol. The highest BCUT2D eigenvalue weighted by Gasteiger charge is 2.15. The topological polar surface area (TPSA) is 117 Å². The number of benzene rings is 3. The fraction of sp³-hybridized carbons (Fsp3) is 0.0800. The largest absolute Gasteiger partial charge is 0.378 e. The highest BCUT2D eigenvalue weighted by atomic mass is 79.9. The quantitative estimate of drug-likeness (QED) is 0.192. The number of halogens is 1. The van der Waals surface area contributed by atoms with Gasteiger partial charge in [0.05, 0.1) is 16.7 Å². The zero-order valence-electron chi connectivity index (χ0n) is 18.9. The minimum Gasteiger partial charge on any atom is -0.378 e. The molecule has 2 amide bonds. The highest BCUT2D eigenvalue weighted by Crippen LogP contribution is 2.17. The van der Waals surface area contributed by atoms with Crippen molar-refractivity contribution >= 4 is 51.4 Å². The van der Waals surface area contributed by atoms with Gasteiger partial charge in [-0.15, -0.1) is 0 Å². The maximum absolute atomic E-state index is 12.9. The lowest BCUT2D eigenvalue weighted by atomic mass is 10.1. The van der Waals surface area contributed by atoms with Crippen molar-refractivity contribution in [3.05, 3.63) is 110 Å². The van der Waals surface area contributed by atoms with Gasteiger partial charge in [0, 0.05) is 35.9 Å². The lowest BCUT2D eigenvalue weighted by molar-refractivity contribution is -0.385. The van der Waals surface area contributed by atoms with Gasteiger partial charge in [-0.1, -0.05) is 46.3 Å². The van der Waals surface area contributed by atoms with Crippen molar-refractivity contribution in [2.75, 3.05) is 19.0 Å². The number of anilines is 1. The molecule has 9 nitrogen and oxygen atoms in total. The molecule has 3 aromatic rings. The van der Waals surface area contributed by atoms with Gasteiger partial charge in [-0.05, 0) is 48.0 Å². The van der Waals surface area contributed by atoms with Crippen LogP contribution < -0.4 is 15.6 Å². The molecule has 0 atom stereocenters. The summed E-state index contributed by atoms with van der Waals surface area (Å²) in [4.78, 5) is 38.3. The highest BCUT2D eigenvalue weighted by molar-refractivity contribution is 9.10. The molecule has 0 aliphatic rings. The van der Waals surface area contributed by atoms with Crippen LogP contribution in [-0.2, 0) is 4.79 Å². The van der Waals surface area contributed by atoms with Gasteiger partial charge in [0.15, 0.2) is 0 Å². The molecule has 0 radical (unpaired) electrons. The average molecular weight is 536 g/mol. The standard InChI is InChI=1S/C25H22BrN5O4/c1-30(2)21-12-10-17(11-13-21)14-22(28-24(32)18-7-5-8-20(26)15-18)25(33)29-27-16-19-6-3-4-9-23(19)31(34)35/h3-16H,1-2H3,(H,28,32)(H,29,33). The number of nitrogens with zero attached hydrogens (tertiary/aromatic N) is 3. The molecule has 0 aliphatic carbocycles. The number of carbonyl (C=O) groups excluding carboxylic acids is 2. The van der Waals surface area contributed by atoms with Crippen LogP contribution in [0.4, 0.5) is 11.4 Å². The third-order valence-electron chi connectivity index (χ3n) is 4.80. The van der Waals surface area contributed by atoms with Gasteiger partial charge >= 0.3 is 0 Å². The third-order valence-corrected chi connectivity index (χ3v) is 5.30. The van der Waals surface area contributed by atoms with Crippen LogP contribution in [0.25, 0.3) is 6.08 Å². The van der Waals surface area contributed by atoms with Gasteiger partial charge in [0.25, 0.3) is 17.5 Å². The maximum Gasteiger partial charge on any atom is 0.287 e. The number of hydrogen-bond acceptors (Lipinski definition) is 6. The molecule has 0 spiro atoms. The van der Waals surface area contributed by atoms with E-state index in [9.17, 15) is 19.7 Å². The number of hydrazone groups is 1. The van der Waals surface area contributed by atoms with E-state index in [-0.39, 0.29) is 16.9 Å². The minimum atomic E-state index is -0.695. The Morgan fingerprint density at radius 2 is 1.74 bits per heavy atom. The molecule has 3 rings (SSSR count). The summed E-state index contributed by atoms with van der Waals surface area (Å²) in [5, 5.41) is 17.6. The second-order valence-electron chi connectivity index (χ2n) is 7.52. The number of hydrogen-bond donors (Lipinski definition) is 2. The second kappa shape index (κ2) is 11.7. The van der Waals surface area contributed by atoms with Crippen LogP contribution in [0.2, 0.25) is 0 Å². The van der Waals surface area contributed by atoms with Gasteiger partial charge in [0.1, 0.15) is 5.70 Å². The number of carbonyl (C=O) groups is 2. The maximum atomic E-state index is 12.9. The number of nitro groups is 1. The Labute approximate surface area is 210 Å². The first-order valence-corrected chi connectivity index (χ1v) is 11.2. The van der Waals surface area contributed by atoms with Crippen molar-refractivity contribution in [2.45, 2.75) is 0 Å². The Kier molecular flexibility index (Phi) is 8.47. The van der Waals surface area contributed by atoms with E-state index in [0.717, 1.165) is 5.69 Å². The van der Waals surface area contributed by atoms with E-state index in [1.54, 1.807) is 30.3 Å². The predicted molar refractivity (Wildman–Crippen MR) is 139 cm³/mol. The Balaban J connectivity index is 1.86. The van der Waals surface area contributed by atoms with Gasteiger partial charge in [-0.3, -0.25) is 19.7 Å². The molecule has 35 heavy (non-hydrogen) atoms. The molecule has 2 N–H and O–H groups in total. The minimum absolute atomic E-state index is 0.0488. The smallest absolute Gasteiger partial charge is 0.287 e. The summed E-state index contributed by atoms with van der Waals surface area (Å²) < 4.78 is 0.716. The summed E-state index contributed by atoms with van der Waals surface area (Å²) in [6, 6.07) is 20.1. The molecule has 0 aliphatic heterocycles. The number of nitro benzene ring substituents is 1. The summed E-state index contributed by atoms with van der Waals surface area (Å²) >= 11 is 3.33. The van der Waals surface area contributed by atoms with Crippen molar-refractivity contribution in [1.82, 2.24) is 10.7 Å². The van der Waals surface area contributed by atoms with Crippen LogP contribution in [0.15, 0.2) is 88.1 Å². The molecular formula is C25H22BrN5O4. The van der Waals surface area contributed by atoms with Crippen molar-refractivity contribution in [3.63, 3.8) is 0 Å². The molecule has 178 valence electrons. The Morgan fingerprint density at radius 1 is 1.03 bits per heavy atom. The van der Waals surface area contributed by atoms with Crippen LogP contribution in [-0.4, -0.2) is 37.0 Å². The lowest BCUT2D eigenvalue weighted by Gasteiger charge is -2.13. The molecule has 0 unspecified atom stereocenters. The third kappa shape index (κ3) is 7.08. The molecule has 0 fully saturated rings. The van der Waals surface area contributed by atoms with E-state index in [2.05, 4.69) is 31.8 Å². The van der Waals surface area contributed by atoms with Crippen molar-refractivity contribution in [2.24, 2.45) is 5.10 Å². The molecule has 0 bridgehead atoms. The number of para-hydroxylation sites is 1. The predicted octanol–water partition coefficient (Wildman–Crippen LogP) is 4.34. The van der Waals surface area contributed by atoms with Crippen molar-refractivity contribution < 1.29 is 14.5 Å². The first-order chi connectivity index (χ1) is 16.7. The average Bonchev–Trinajstić information content (AvgIpc) is 2.84. The monoisotopic (exact) mass is 535 g/mol. The van der Waals surface area contributed by atoms with Crippen LogP contribution >= 0.6 is 15.9 Å². The van der Waals surface area contributed by atoms with Gasteiger partial charge in [-0.2, -0.15) is 5.10 Å². The molecule has 3 aromatic carbocycles. The van der Waals surface area contributed by atoms with E-state index in [1.165, 1.54) is 30.5 Å². The molecule has 0 saturated carbocycles. The van der Waals surface area contributed by atoms with E-state index >= 15 is 0 Å². The van der Waals surface area contributed by atoms with Crippen LogP contribution in [0.1, 0.15) is 21.5 Å². The van der Waals surface area contributed by atoms with Crippen LogP contribution in [0.3, 0.4) is 0 Å². The summed E-state index contributed by atoms with van der Waals surface area (Å²) in [6.07, 6.45) is 2.70. The van der Waals surface area contributed by atoms with E-state index in [1.807, 2.05) is 43.3 Å². The van der Waals surface area contributed by atoms with E-state index in [4.69, 9.17) is 0 Å². The molecule has 0 aromatic heterocycles.